The normalized spacial score (nSPS) is 17.5. The Bertz CT molecular complexity index is 1710. The van der Waals surface area contributed by atoms with Crippen LogP contribution < -0.4 is 20.9 Å². The first-order valence-corrected chi connectivity index (χ1v) is 16.3. The first-order chi connectivity index (χ1) is 22.9. The summed E-state index contributed by atoms with van der Waals surface area (Å²) in [6, 6.07) is 32.5. The van der Waals surface area contributed by atoms with Gasteiger partial charge < -0.3 is 25.8 Å². The molecule has 3 N–H and O–H groups in total. The molecule has 2 atom stereocenters. The van der Waals surface area contributed by atoms with Crippen LogP contribution in [-0.2, 0) is 16.1 Å². The number of nitrogens with zero attached hydrogens (tertiary/aromatic N) is 2. The Kier molecular flexibility index (Phi) is 10.1. The van der Waals surface area contributed by atoms with Crippen molar-refractivity contribution in [3.05, 3.63) is 125 Å². The van der Waals surface area contributed by atoms with Crippen LogP contribution in [0, 0.1) is 0 Å². The smallest absolute Gasteiger partial charge is 0.256 e. The maximum absolute atomic E-state index is 13.8. The molecule has 8 nitrogen and oxygen atoms in total. The minimum absolute atomic E-state index is 0.0120. The van der Waals surface area contributed by atoms with E-state index >= 15 is 0 Å². The zero-order valence-corrected chi connectivity index (χ0v) is 26.7. The van der Waals surface area contributed by atoms with E-state index in [9.17, 15) is 14.4 Å². The highest BCUT2D eigenvalue weighted by Crippen LogP contribution is 2.27. The van der Waals surface area contributed by atoms with E-state index in [4.69, 9.17) is 0 Å². The van der Waals surface area contributed by atoms with Gasteiger partial charge in [-0.3, -0.25) is 14.4 Å². The molecule has 2 aliphatic heterocycles. The number of hydrogen-bond donors (Lipinski definition) is 3. The van der Waals surface area contributed by atoms with E-state index in [0.717, 1.165) is 53.9 Å². The number of anilines is 3. The van der Waals surface area contributed by atoms with Crippen LogP contribution in [0.5, 0.6) is 0 Å². The predicted octanol–water partition coefficient (Wildman–Crippen LogP) is 6.43. The standard InChI is InChI=1S/C39H41N5O3/c1-43(27-30-9-3-2-4-10-30)35-13-6-5-11-33(35)39(47)44-26-8-14-36(44)38(46)42-32-23-19-29(20-24-32)16-15-28-17-21-31(22-18-28)41-37(45)34-12-7-25-40-34/h2-6,9-11,13,15-24,34,36,40H,7-8,12,14,25-27H2,1H3,(H,41,45)(H,42,46)/b16-15+/t34-,36-/m0/s1. The van der Waals surface area contributed by atoms with E-state index in [1.807, 2.05) is 110 Å². The Morgan fingerprint density at radius 2 is 1.38 bits per heavy atom. The molecule has 0 aliphatic carbocycles. The molecule has 0 bridgehead atoms. The van der Waals surface area contributed by atoms with Crippen LogP contribution in [-0.4, -0.2) is 54.8 Å². The zero-order valence-electron chi connectivity index (χ0n) is 26.7. The first kappa shape index (κ1) is 31.8. The Labute approximate surface area is 276 Å². The minimum atomic E-state index is -0.531. The van der Waals surface area contributed by atoms with Gasteiger partial charge in [0, 0.05) is 37.2 Å². The first-order valence-electron chi connectivity index (χ1n) is 16.3. The van der Waals surface area contributed by atoms with Gasteiger partial charge >= 0.3 is 0 Å². The Morgan fingerprint density at radius 1 is 0.766 bits per heavy atom. The fraction of sp³-hybridized carbons (Fsp3) is 0.256. The van der Waals surface area contributed by atoms with Crippen LogP contribution in [0.15, 0.2) is 103 Å². The highest BCUT2D eigenvalue weighted by Gasteiger charge is 2.35. The van der Waals surface area contributed by atoms with Crippen molar-refractivity contribution in [2.24, 2.45) is 0 Å². The number of amides is 3. The van der Waals surface area contributed by atoms with Gasteiger partial charge in [-0.25, -0.2) is 0 Å². The van der Waals surface area contributed by atoms with Gasteiger partial charge in [0.15, 0.2) is 0 Å². The third kappa shape index (κ3) is 7.96. The fourth-order valence-electron chi connectivity index (χ4n) is 6.28. The average molecular weight is 628 g/mol. The summed E-state index contributed by atoms with van der Waals surface area (Å²) in [5, 5.41) is 9.22. The molecule has 0 unspecified atom stereocenters. The summed E-state index contributed by atoms with van der Waals surface area (Å²) in [6.45, 7) is 2.10. The van der Waals surface area contributed by atoms with Crippen molar-refractivity contribution in [1.29, 1.82) is 0 Å². The third-order valence-corrected chi connectivity index (χ3v) is 8.83. The second-order valence-corrected chi connectivity index (χ2v) is 12.2. The third-order valence-electron chi connectivity index (χ3n) is 8.83. The van der Waals surface area contributed by atoms with Crippen LogP contribution in [0.4, 0.5) is 17.1 Å². The van der Waals surface area contributed by atoms with Gasteiger partial charge in [-0.05, 0) is 85.3 Å². The molecule has 240 valence electrons. The van der Waals surface area contributed by atoms with Gasteiger partial charge in [-0.2, -0.15) is 0 Å². The minimum Gasteiger partial charge on any atom is -0.370 e. The summed E-state index contributed by atoms with van der Waals surface area (Å²) < 4.78 is 0. The molecule has 4 aromatic rings. The fourth-order valence-corrected chi connectivity index (χ4v) is 6.28. The number of benzene rings is 4. The monoisotopic (exact) mass is 627 g/mol. The SMILES string of the molecule is CN(Cc1ccccc1)c1ccccc1C(=O)N1CCC[C@H]1C(=O)Nc1ccc(/C=C/c2ccc(NC(=O)[C@@H]3CCCN3)cc2)cc1. The summed E-state index contributed by atoms with van der Waals surface area (Å²) in [4.78, 5) is 43.4. The van der Waals surface area contributed by atoms with Gasteiger partial charge in [0.25, 0.3) is 5.91 Å². The Morgan fingerprint density at radius 3 is 2.02 bits per heavy atom. The van der Waals surface area contributed by atoms with Crippen molar-refractivity contribution in [2.75, 3.05) is 35.7 Å². The summed E-state index contributed by atoms with van der Waals surface area (Å²) in [5.74, 6) is -0.289. The molecule has 0 aromatic heterocycles. The van der Waals surface area contributed by atoms with Crippen LogP contribution in [0.25, 0.3) is 12.2 Å². The summed E-state index contributed by atoms with van der Waals surface area (Å²) in [7, 11) is 1.99. The van der Waals surface area contributed by atoms with E-state index in [1.165, 1.54) is 0 Å². The average Bonchev–Trinajstić information content (AvgIpc) is 3.83. The Balaban J connectivity index is 1.05. The molecule has 4 aromatic carbocycles. The molecule has 2 heterocycles. The number of carbonyl (C=O) groups is 3. The predicted molar refractivity (Wildman–Crippen MR) is 189 cm³/mol. The van der Waals surface area contributed by atoms with Crippen molar-refractivity contribution >= 4 is 46.9 Å². The highest BCUT2D eigenvalue weighted by molar-refractivity contribution is 6.04. The summed E-state index contributed by atoms with van der Waals surface area (Å²) in [6.07, 6.45) is 7.32. The van der Waals surface area contributed by atoms with E-state index < -0.39 is 6.04 Å². The number of para-hydroxylation sites is 1. The van der Waals surface area contributed by atoms with Crippen LogP contribution in [0.2, 0.25) is 0 Å². The molecule has 3 amide bonds. The van der Waals surface area contributed by atoms with Crippen molar-refractivity contribution in [3.8, 4) is 0 Å². The largest absolute Gasteiger partial charge is 0.370 e. The number of rotatable bonds is 10. The maximum Gasteiger partial charge on any atom is 0.256 e. The lowest BCUT2D eigenvalue weighted by molar-refractivity contribution is -0.120. The molecular weight excluding hydrogens is 586 g/mol. The van der Waals surface area contributed by atoms with Crippen molar-refractivity contribution in [1.82, 2.24) is 10.2 Å². The van der Waals surface area contributed by atoms with Crippen molar-refractivity contribution < 1.29 is 14.4 Å². The number of carbonyl (C=O) groups excluding carboxylic acids is 3. The topological polar surface area (TPSA) is 93.8 Å². The molecular formula is C39H41N5O3. The van der Waals surface area contributed by atoms with Crippen LogP contribution in [0.1, 0.15) is 52.7 Å². The van der Waals surface area contributed by atoms with Crippen LogP contribution in [0.3, 0.4) is 0 Å². The number of hydrogen-bond acceptors (Lipinski definition) is 5. The molecule has 0 radical (unpaired) electrons. The lowest BCUT2D eigenvalue weighted by Gasteiger charge is -2.27. The van der Waals surface area contributed by atoms with E-state index in [1.54, 1.807) is 4.90 Å². The molecule has 2 saturated heterocycles. The molecule has 8 heteroatoms. The van der Waals surface area contributed by atoms with E-state index in [-0.39, 0.29) is 23.8 Å². The zero-order chi connectivity index (χ0) is 32.6. The molecule has 0 saturated carbocycles. The van der Waals surface area contributed by atoms with Gasteiger partial charge in [0.1, 0.15) is 6.04 Å². The van der Waals surface area contributed by atoms with Gasteiger partial charge in [-0.1, -0.05) is 78.9 Å². The molecule has 2 fully saturated rings. The van der Waals surface area contributed by atoms with Crippen LogP contribution >= 0.6 is 0 Å². The number of nitrogens with one attached hydrogen (secondary N) is 3. The van der Waals surface area contributed by atoms with Gasteiger partial charge in [-0.15, -0.1) is 0 Å². The lowest BCUT2D eigenvalue weighted by atomic mass is 10.1. The number of likely N-dealkylation sites (tertiary alicyclic amines) is 1. The van der Waals surface area contributed by atoms with Crippen molar-refractivity contribution in [3.63, 3.8) is 0 Å². The quantitative estimate of drug-likeness (QED) is 0.176. The molecule has 6 rings (SSSR count). The Hall–Kier alpha value is -5.21. The lowest BCUT2D eigenvalue weighted by Crippen LogP contribution is -2.43. The highest BCUT2D eigenvalue weighted by atomic mass is 16.2. The van der Waals surface area contributed by atoms with Crippen molar-refractivity contribution in [2.45, 2.75) is 44.3 Å². The molecule has 2 aliphatic rings. The second-order valence-electron chi connectivity index (χ2n) is 12.2. The summed E-state index contributed by atoms with van der Waals surface area (Å²) in [5.41, 5.74) is 6.07. The molecule has 0 spiro atoms. The van der Waals surface area contributed by atoms with E-state index in [2.05, 4.69) is 33.0 Å². The maximum atomic E-state index is 13.8. The van der Waals surface area contributed by atoms with Gasteiger partial charge in [0.05, 0.1) is 11.6 Å². The molecule has 47 heavy (non-hydrogen) atoms. The van der Waals surface area contributed by atoms with Gasteiger partial charge in [0.2, 0.25) is 11.8 Å². The second kappa shape index (κ2) is 14.9. The summed E-state index contributed by atoms with van der Waals surface area (Å²) >= 11 is 0. The van der Waals surface area contributed by atoms with E-state index in [0.29, 0.717) is 30.8 Å².